The van der Waals surface area contributed by atoms with Crippen molar-refractivity contribution in [2.45, 2.75) is 44.2 Å². The lowest BCUT2D eigenvalue weighted by atomic mass is 10.0. The number of carbonyl (C=O) groups excluding carboxylic acids is 1. The maximum Gasteiger partial charge on any atom is 0.236 e. The molecule has 36 heavy (non-hydrogen) atoms. The van der Waals surface area contributed by atoms with Crippen molar-refractivity contribution in [2.75, 3.05) is 45.6 Å². The summed E-state index contributed by atoms with van der Waals surface area (Å²) in [6.07, 6.45) is 2.03. The molecule has 1 aliphatic carbocycles. The number of fused-ring (bicyclic) bond motifs is 1. The zero-order valence-corrected chi connectivity index (χ0v) is 22.0. The first-order valence-corrected chi connectivity index (χ1v) is 13.5. The first kappa shape index (κ1) is 24.9. The predicted octanol–water partition coefficient (Wildman–Crippen LogP) is 3.53. The second-order valence-corrected chi connectivity index (χ2v) is 10.8. The van der Waals surface area contributed by atoms with Gasteiger partial charge in [0, 0.05) is 31.7 Å². The lowest BCUT2D eigenvalue weighted by Gasteiger charge is -2.27. The Kier molecular flexibility index (Phi) is 7.41. The Bertz CT molecular complexity index is 1150. The highest BCUT2D eigenvalue weighted by molar-refractivity contribution is 8.14. The molecule has 0 bridgehead atoms. The third-order valence-electron chi connectivity index (χ3n) is 6.86. The van der Waals surface area contributed by atoms with Crippen molar-refractivity contribution in [2.24, 2.45) is 5.10 Å². The molecule has 2 atom stereocenters. The third-order valence-corrected chi connectivity index (χ3v) is 8.18. The van der Waals surface area contributed by atoms with Gasteiger partial charge in [-0.15, -0.1) is 0 Å². The minimum Gasteiger partial charge on any atom is -0.489 e. The summed E-state index contributed by atoms with van der Waals surface area (Å²) >= 11 is 1.74. The van der Waals surface area contributed by atoms with E-state index < -0.39 is 0 Å². The molecule has 192 valence electrons. The standard InChI is InChI=1S/C27H35N5O3S/c1-17(2)35-24-10-7-18(15-22(24)28)27-31(3)30-26(36-27)21-6-4-5-20-19(21)8-9-23(20)29-16-25(33)32-11-13-34-14-12-32/h4-7,10,15,17,23,27,29H,8-9,11-14,16,28H2,1-3H3/t23-,27?/m0/s1. The lowest BCUT2D eigenvalue weighted by molar-refractivity contribution is -0.134. The average Bonchev–Trinajstić information content (AvgIpc) is 3.47. The summed E-state index contributed by atoms with van der Waals surface area (Å²) in [7, 11) is 2.00. The second kappa shape index (κ2) is 10.7. The number of nitrogens with two attached hydrogens (primary N) is 1. The molecule has 3 N–H and O–H groups in total. The molecular formula is C27H35N5O3S. The molecule has 0 saturated carbocycles. The largest absolute Gasteiger partial charge is 0.489 e. The van der Waals surface area contributed by atoms with Crippen molar-refractivity contribution >= 4 is 28.4 Å². The van der Waals surface area contributed by atoms with E-state index in [4.69, 9.17) is 20.3 Å². The molecule has 2 aromatic rings. The van der Waals surface area contributed by atoms with Gasteiger partial charge in [-0.3, -0.25) is 9.80 Å². The molecular weight excluding hydrogens is 474 g/mol. The van der Waals surface area contributed by atoms with Gasteiger partial charge in [-0.25, -0.2) is 0 Å². The summed E-state index contributed by atoms with van der Waals surface area (Å²) in [5.41, 5.74) is 11.8. The molecule has 1 fully saturated rings. The number of hydrogen-bond acceptors (Lipinski definition) is 8. The molecule has 0 aromatic heterocycles. The van der Waals surface area contributed by atoms with Crippen LogP contribution in [0.1, 0.15) is 53.9 Å². The maximum atomic E-state index is 12.6. The number of hydrogen-bond donors (Lipinski definition) is 2. The van der Waals surface area contributed by atoms with Crippen molar-refractivity contribution in [1.29, 1.82) is 0 Å². The summed E-state index contributed by atoms with van der Waals surface area (Å²) in [6.45, 7) is 6.95. The van der Waals surface area contributed by atoms with Crippen LogP contribution in [0.5, 0.6) is 5.75 Å². The third kappa shape index (κ3) is 5.19. The quantitative estimate of drug-likeness (QED) is 0.552. The highest BCUT2D eigenvalue weighted by Crippen LogP contribution is 2.44. The molecule has 5 rings (SSSR count). The van der Waals surface area contributed by atoms with Crippen LogP contribution in [-0.4, -0.2) is 66.9 Å². The maximum absolute atomic E-state index is 12.6. The summed E-state index contributed by atoms with van der Waals surface area (Å²) in [6, 6.07) is 12.6. The number of nitrogen functional groups attached to an aromatic ring is 1. The van der Waals surface area contributed by atoms with Gasteiger partial charge in [0.15, 0.2) is 0 Å². The first-order chi connectivity index (χ1) is 17.4. The predicted molar refractivity (Wildman–Crippen MR) is 144 cm³/mol. The summed E-state index contributed by atoms with van der Waals surface area (Å²) in [5, 5.41) is 11.5. The molecule has 0 spiro atoms. The molecule has 2 aliphatic heterocycles. The number of nitrogens with one attached hydrogen (secondary N) is 1. The zero-order chi connectivity index (χ0) is 25.2. The highest BCUT2D eigenvalue weighted by Gasteiger charge is 2.32. The Balaban J connectivity index is 1.27. The van der Waals surface area contributed by atoms with E-state index in [-0.39, 0.29) is 23.4 Å². The van der Waals surface area contributed by atoms with Crippen LogP contribution in [-0.2, 0) is 16.0 Å². The van der Waals surface area contributed by atoms with Gasteiger partial charge in [-0.2, -0.15) is 5.10 Å². The normalized spacial score (nSPS) is 21.6. The van der Waals surface area contributed by atoms with E-state index in [1.54, 1.807) is 11.8 Å². The molecule has 9 heteroatoms. The minimum atomic E-state index is 0.0488. The Hall–Kier alpha value is -2.75. The van der Waals surface area contributed by atoms with Crippen LogP contribution in [0.2, 0.25) is 0 Å². The fraction of sp³-hybridized carbons (Fsp3) is 0.481. The Morgan fingerprint density at radius 1 is 1.28 bits per heavy atom. The van der Waals surface area contributed by atoms with Gasteiger partial charge in [-0.05, 0) is 55.5 Å². The number of ether oxygens (including phenoxy) is 2. The van der Waals surface area contributed by atoms with Crippen molar-refractivity contribution < 1.29 is 14.3 Å². The molecule has 2 aromatic carbocycles. The topological polar surface area (TPSA) is 92.4 Å². The SMILES string of the molecule is CC(C)Oc1ccc(C2SC(c3cccc4c3CC[C@@H]4NCC(=O)N3CCOCC3)=NN2C)cc1N. The van der Waals surface area contributed by atoms with Crippen LogP contribution in [0, 0.1) is 0 Å². The van der Waals surface area contributed by atoms with E-state index in [9.17, 15) is 4.79 Å². The van der Waals surface area contributed by atoms with E-state index in [2.05, 4.69) is 29.6 Å². The monoisotopic (exact) mass is 509 g/mol. The van der Waals surface area contributed by atoms with Crippen LogP contribution in [0.4, 0.5) is 5.69 Å². The van der Waals surface area contributed by atoms with Crippen LogP contribution >= 0.6 is 11.8 Å². The molecule has 3 aliphatic rings. The number of benzene rings is 2. The molecule has 0 radical (unpaired) electrons. The van der Waals surface area contributed by atoms with E-state index in [1.165, 1.54) is 16.7 Å². The summed E-state index contributed by atoms with van der Waals surface area (Å²) < 4.78 is 11.2. The van der Waals surface area contributed by atoms with Gasteiger partial charge in [0.2, 0.25) is 5.91 Å². The molecule has 8 nitrogen and oxygen atoms in total. The van der Waals surface area contributed by atoms with Gasteiger partial charge < -0.3 is 25.4 Å². The van der Waals surface area contributed by atoms with Gasteiger partial charge in [0.25, 0.3) is 0 Å². The van der Waals surface area contributed by atoms with Crippen molar-refractivity contribution in [3.05, 3.63) is 58.7 Å². The number of carbonyl (C=O) groups is 1. The number of hydrazone groups is 1. The Labute approximate surface area is 217 Å². The number of amides is 1. The lowest BCUT2D eigenvalue weighted by Crippen LogP contribution is -2.45. The van der Waals surface area contributed by atoms with E-state index in [0.717, 1.165) is 23.4 Å². The van der Waals surface area contributed by atoms with Gasteiger partial charge in [0.1, 0.15) is 16.2 Å². The molecule has 2 heterocycles. The number of rotatable bonds is 7. The number of anilines is 1. The summed E-state index contributed by atoms with van der Waals surface area (Å²) in [5.74, 6) is 0.860. The second-order valence-electron chi connectivity index (χ2n) is 9.75. The first-order valence-electron chi connectivity index (χ1n) is 12.7. The van der Waals surface area contributed by atoms with E-state index in [1.807, 2.05) is 42.9 Å². The van der Waals surface area contributed by atoms with Gasteiger partial charge >= 0.3 is 0 Å². The highest BCUT2D eigenvalue weighted by atomic mass is 32.2. The minimum absolute atomic E-state index is 0.0488. The number of nitrogens with zero attached hydrogens (tertiary/aromatic N) is 3. The van der Waals surface area contributed by atoms with Crippen LogP contribution in [0.3, 0.4) is 0 Å². The Morgan fingerprint density at radius 3 is 2.83 bits per heavy atom. The van der Waals surface area contributed by atoms with Crippen molar-refractivity contribution in [1.82, 2.24) is 15.2 Å². The number of thioether (sulfide) groups is 1. The van der Waals surface area contributed by atoms with Crippen LogP contribution in [0.25, 0.3) is 0 Å². The molecule has 1 unspecified atom stereocenters. The Morgan fingerprint density at radius 2 is 2.08 bits per heavy atom. The fourth-order valence-corrected chi connectivity index (χ4v) is 6.27. The van der Waals surface area contributed by atoms with Gasteiger partial charge in [0.05, 0.1) is 31.5 Å². The van der Waals surface area contributed by atoms with Crippen molar-refractivity contribution in [3.63, 3.8) is 0 Å². The zero-order valence-electron chi connectivity index (χ0n) is 21.2. The molecule has 1 saturated heterocycles. The van der Waals surface area contributed by atoms with Crippen molar-refractivity contribution in [3.8, 4) is 5.75 Å². The molecule has 1 amide bonds. The van der Waals surface area contributed by atoms with Crippen LogP contribution in [0.15, 0.2) is 41.5 Å². The van der Waals surface area contributed by atoms with Gasteiger partial charge in [-0.1, -0.05) is 36.0 Å². The van der Waals surface area contributed by atoms with E-state index >= 15 is 0 Å². The summed E-state index contributed by atoms with van der Waals surface area (Å²) in [4.78, 5) is 14.5. The smallest absolute Gasteiger partial charge is 0.236 e. The van der Waals surface area contributed by atoms with Crippen LogP contribution < -0.4 is 15.8 Å². The number of morpholine rings is 1. The fourth-order valence-electron chi connectivity index (χ4n) is 5.09. The average molecular weight is 510 g/mol. The van der Waals surface area contributed by atoms with E-state index in [0.29, 0.717) is 44.3 Å².